The number of nitrogens with zero attached hydrogens (tertiary/aromatic N) is 2. The molecule has 128 valence electrons. The van der Waals surface area contributed by atoms with Gasteiger partial charge in [-0.1, -0.05) is 49.1 Å². The first kappa shape index (κ1) is 18.2. The van der Waals surface area contributed by atoms with Gasteiger partial charge in [0.15, 0.2) is 0 Å². The van der Waals surface area contributed by atoms with Crippen molar-refractivity contribution in [2.24, 2.45) is 0 Å². The minimum Gasteiger partial charge on any atom is -0.452 e. The van der Waals surface area contributed by atoms with E-state index in [-0.39, 0.29) is 18.1 Å². The number of ether oxygens (including phenoxy) is 1. The zero-order valence-electron chi connectivity index (χ0n) is 13.1. The molecule has 0 aliphatic heterocycles. The van der Waals surface area contributed by atoms with Crippen LogP contribution < -0.4 is 9.05 Å². The molecule has 0 saturated carbocycles. The van der Waals surface area contributed by atoms with Crippen molar-refractivity contribution >= 4 is 19.0 Å². The van der Waals surface area contributed by atoms with Gasteiger partial charge in [-0.05, 0) is 24.3 Å². The van der Waals surface area contributed by atoms with E-state index in [1.165, 1.54) is 30.3 Å². The first-order chi connectivity index (χ1) is 12.1. The Morgan fingerprint density at radius 3 is 1.92 bits per heavy atom. The maximum atomic E-state index is 13.2. The normalized spacial score (nSPS) is 10.2. The summed E-state index contributed by atoms with van der Waals surface area (Å²) in [6.07, 6.45) is 1.31. The van der Waals surface area contributed by atoms with Crippen LogP contribution >= 0.6 is 7.60 Å². The first-order valence-corrected chi connectivity index (χ1v) is 8.73. The summed E-state index contributed by atoms with van der Waals surface area (Å²) in [5.41, 5.74) is 8.34. The lowest BCUT2D eigenvalue weighted by molar-refractivity contribution is -0.138. The predicted molar refractivity (Wildman–Crippen MR) is 91.5 cm³/mol. The largest absolute Gasteiger partial charge is 0.552 e. The van der Waals surface area contributed by atoms with Crippen LogP contribution in [0.1, 0.15) is 0 Å². The Bertz CT molecular complexity index is 787. The summed E-state index contributed by atoms with van der Waals surface area (Å²) in [5, 5.41) is 0. The Balaban J connectivity index is 2.39. The van der Waals surface area contributed by atoms with E-state index in [2.05, 4.69) is 11.4 Å². The number of benzene rings is 2. The van der Waals surface area contributed by atoms with Gasteiger partial charge >= 0.3 is 19.0 Å². The van der Waals surface area contributed by atoms with E-state index >= 15 is 0 Å². The molecule has 0 aliphatic carbocycles. The fraction of sp³-hybridized carbons (Fsp3) is 0.0588. The molecule has 0 saturated heterocycles. The first-order valence-electron chi connectivity index (χ1n) is 7.19. The predicted octanol–water partition coefficient (Wildman–Crippen LogP) is 3.70. The summed E-state index contributed by atoms with van der Waals surface area (Å²) in [7, 11) is -4.38. The lowest BCUT2D eigenvalue weighted by Crippen LogP contribution is -2.24. The van der Waals surface area contributed by atoms with E-state index < -0.39 is 19.0 Å². The second-order valence-corrected chi connectivity index (χ2v) is 6.40. The van der Waals surface area contributed by atoms with Crippen LogP contribution in [0.25, 0.3) is 5.53 Å². The van der Waals surface area contributed by atoms with Crippen LogP contribution in [-0.4, -0.2) is 22.8 Å². The molecule has 0 heterocycles. The highest BCUT2D eigenvalue weighted by atomic mass is 31.2. The zero-order valence-corrected chi connectivity index (χ0v) is 14.0. The van der Waals surface area contributed by atoms with Gasteiger partial charge in [-0.25, -0.2) is 9.36 Å². The Kier molecular flexibility index (Phi) is 6.29. The monoisotopic (exact) mass is 358 g/mol. The minimum atomic E-state index is -4.38. The highest BCUT2D eigenvalue weighted by Crippen LogP contribution is 2.49. The van der Waals surface area contributed by atoms with Gasteiger partial charge in [0.1, 0.15) is 18.1 Å². The zero-order chi connectivity index (χ0) is 18.1. The Labute approximate surface area is 144 Å². The van der Waals surface area contributed by atoms with Crippen molar-refractivity contribution in [3.8, 4) is 11.5 Å². The number of hydrogen-bond donors (Lipinski definition) is 0. The van der Waals surface area contributed by atoms with E-state index in [1.54, 1.807) is 36.4 Å². The number of carbonyl (C=O) groups is 1. The third kappa shape index (κ3) is 4.91. The van der Waals surface area contributed by atoms with Crippen LogP contribution in [0.15, 0.2) is 73.3 Å². The minimum absolute atomic E-state index is 0.158. The molecule has 2 rings (SSSR count). The SMILES string of the molecule is C=CCOC(=O)C(=[N+]=[N-])P(=O)(Oc1ccccc1)Oc1ccccc1. The molecule has 25 heavy (non-hydrogen) atoms. The van der Waals surface area contributed by atoms with E-state index in [9.17, 15) is 14.9 Å². The van der Waals surface area contributed by atoms with Crippen LogP contribution in [0.2, 0.25) is 0 Å². The topological polar surface area (TPSA) is 98.2 Å². The summed E-state index contributed by atoms with van der Waals surface area (Å²) in [6.45, 7) is 3.25. The van der Waals surface area contributed by atoms with Gasteiger partial charge in [0.25, 0.3) is 0 Å². The van der Waals surface area contributed by atoms with Crippen LogP contribution in [0.5, 0.6) is 11.5 Å². The molecule has 0 unspecified atom stereocenters. The summed E-state index contributed by atoms with van der Waals surface area (Å²) >= 11 is 0. The molecule has 0 fully saturated rings. The van der Waals surface area contributed by atoms with Crippen LogP contribution in [0.4, 0.5) is 0 Å². The van der Waals surface area contributed by atoms with Crippen molar-refractivity contribution < 1.29 is 27.9 Å². The van der Waals surface area contributed by atoms with Gasteiger partial charge in [0.2, 0.25) is 0 Å². The molecule has 0 spiro atoms. The molecule has 2 aromatic carbocycles. The Morgan fingerprint density at radius 2 is 1.52 bits per heavy atom. The maximum Gasteiger partial charge on any atom is 0.552 e. The summed E-state index contributed by atoms with van der Waals surface area (Å²) < 4.78 is 28.8. The van der Waals surface area contributed by atoms with Crippen LogP contribution in [0.3, 0.4) is 0 Å². The molecule has 0 aromatic heterocycles. The molecule has 0 atom stereocenters. The molecule has 0 radical (unpaired) electrons. The number of para-hydroxylation sites is 2. The number of carbonyl (C=O) groups excluding carboxylic acids is 1. The van der Waals surface area contributed by atoms with Gasteiger partial charge in [0, 0.05) is 0 Å². The van der Waals surface area contributed by atoms with Gasteiger partial charge in [-0.3, -0.25) is 0 Å². The van der Waals surface area contributed by atoms with Crippen LogP contribution in [0, 0.1) is 0 Å². The summed E-state index contributed by atoms with van der Waals surface area (Å²) in [4.78, 5) is 14.9. The van der Waals surface area contributed by atoms with Gasteiger partial charge in [0.05, 0.1) is 0 Å². The Morgan fingerprint density at radius 1 is 1.04 bits per heavy atom. The second-order valence-electron chi connectivity index (χ2n) is 4.62. The molecule has 7 nitrogen and oxygen atoms in total. The van der Waals surface area contributed by atoms with Crippen LogP contribution in [-0.2, 0) is 14.1 Å². The van der Waals surface area contributed by atoms with E-state index in [0.717, 1.165) is 0 Å². The molecule has 0 aliphatic rings. The average molecular weight is 358 g/mol. The van der Waals surface area contributed by atoms with Gasteiger partial charge < -0.3 is 19.3 Å². The molecule has 0 amide bonds. The number of hydrogen-bond acceptors (Lipinski definition) is 5. The van der Waals surface area contributed by atoms with Gasteiger partial charge in [-0.2, -0.15) is 0 Å². The molecule has 2 aromatic rings. The van der Waals surface area contributed by atoms with Crippen molar-refractivity contribution in [3.05, 3.63) is 78.8 Å². The third-order valence-corrected chi connectivity index (χ3v) is 4.50. The standard InChI is InChI=1S/C17H15N2O5P/c1-2-13-22-17(20)16(19-18)25(21,23-14-9-5-3-6-10-14)24-15-11-7-4-8-12-15/h2-12H,1,13H2. The lowest BCUT2D eigenvalue weighted by atomic mass is 10.3. The van der Waals surface area contributed by atoms with Crippen molar-refractivity contribution in [2.45, 2.75) is 0 Å². The molecule has 0 N–H and O–H groups in total. The lowest BCUT2D eigenvalue weighted by Gasteiger charge is -2.15. The second kappa shape index (κ2) is 8.64. The van der Waals surface area contributed by atoms with E-state index in [0.29, 0.717) is 0 Å². The van der Waals surface area contributed by atoms with Crippen molar-refractivity contribution in [1.82, 2.24) is 0 Å². The average Bonchev–Trinajstić information content (AvgIpc) is 2.62. The molecular formula is C17H15N2O5P. The maximum absolute atomic E-state index is 13.2. The van der Waals surface area contributed by atoms with E-state index in [1.807, 2.05) is 0 Å². The molecule has 0 bridgehead atoms. The molecule has 8 heteroatoms. The van der Waals surface area contributed by atoms with Crippen molar-refractivity contribution in [2.75, 3.05) is 6.61 Å². The number of esters is 1. The van der Waals surface area contributed by atoms with E-state index in [4.69, 9.17) is 13.8 Å². The fourth-order valence-corrected chi connectivity index (χ4v) is 3.16. The highest BCUT2D eigenvalue weighted by molar-refractivity contribution is 7.75. The summed E-state index contributed by atoms with van der Waals surface area (Å²) in [5.74, 6) is -0.809. The summed E-state index contributed by atoms with van der Waals surface area (Å²) in [6, 6.07) is 16.1. The Hall–Kier alpha value is -3.14. The van der Waals surface area contributed by atoms with Gasteiger partial charge in [-0.15, -0.1) is 4.79 Å². The smallest absolute Gasteiger partial charge is 0.452 e. The van der Waals surface area contributed by atoms with Crippen molar-refractivity contribution in [3.63, 3.8) is 0 Å². The number of rotatable bonds is 8. The molecular weight excluding hydrogens is 343 g/mol. The fourth-order valence-electron chi connectivity index (χ4n) is 1.75. The third-order valence-electron chi connectivity index (χ3n) is 2.81. The van der Waals surface area contributed by atoms with Crippen molar-refractivity contribution in [1.29, 1.82) is 0 Å². The highest BCUT2D eigenvalue weighted by Gasteiger charge is 2.50. The quantitative estimate of drug-likeness (QED) is 0.179.